The summed E-state index contributed by atoms with van der Waals surface area (Å²) in [5.41, 5.74) is 3.77. The van der Waals surface area contributed by atoms with Gasteiger partial charge in [-0.3, -0.25) is 9.69 Å². The lowest BCUT2D eigenvalue weighted by molar-refractivity contribution is -0.124. The molecule has 0 atom stereocenters. The van der Waals surface area contributed by atoms with Gasteiger partial charge in [-0.25, -0.2) is 0 Å². The van der Waals surface area contributed by atoms with Crippen molar-refractivity contribution in [2.75, 3.05) is 19.7 Å². The monoisotopic (exact) mass is 394 g/mol. The predicted octanol–water partition coefficient (Wildman–Crippen LogP) is 4.45. The molecule has 0 radical (unpaired) electrons. The van der Waals surface area contributed by atoms with Crippen LogP contribution in [0.1, 0.15) is 50.3 Å². The Bertz CT molecular complexity index is 818. The minimum atomic E-state index is -0.0363. The molecule has 1 aliphatic heterocycles. The third-order valence-corrected chi connectivity index (χ3v) is 5.50. The maximum absolute atomic E-state index is 12.4. The van der Waals surface area contributed by atoms with Gasteiger partial charge in [-0.15, -0.1) is 0 Å². The summed E-state index contributed by atoms with van der Waals surface area (Å²) in [6.45, 7) is 11.7. The zero-order valence-electron chi connectivity index (χ0n) is 18.2. The second-order valence-electron chi connectivity index (χ2n) is 9.14. The van der Waals surface area contributed by atoms with Gasteiger partial charge in [0.1, 0.15) is 5.75 Å². The average molecular weight is 395 g/mol. The zero-order valence-corrected chi connectivity index (χ0v) is 18.2. The normalized spacial score (nSPS) is 15.9. The summed E-state index contributed by atoms with van der Waals surface area (Å²) >= 11 is 0. The number of hydrogen-bond donors (Lipinski definition) is 1. The van der Waals surface area contributed by atoms with Gasteiger partial charge in [-0.05, 0) is 42.4 Å². The Labute approximate surface area is 175 Å². The minimum absolute atomic E-state index is 0.0167. The molecule has 2 aromatic rings. The lowest BCUT2D eigenvalue weighted by Crippen LogP contribution is -2.45. The van der Waals surface area contributed by atoms with Gasteiger partial charge in [-0.2, -0.15) is 0 Å². The third-order valence-electron chi connectivity index (χ3n) is 5.50. The van der Waals surface area contributed by atoms with Gasteiger partial charge in [0.15, 0.2) is 6.61 Å². The van der Waals surface area contributed by atoms with E-state index in [2.05, 4.69) is 68.2 Å². The fraction of sp³-hybridized carbons (Fsp3) is 0.480. The number of likely N-dealkylation sites (tertiary alicyclic amines) is 1. The van der Waals surface area contributed by atoms with Crippen LogP contribution in [0.15, 0.2) is 48.5 Å². The molecule has 4 heteroatoms. The van der Waals surface area contributed by atoms with Gasteiger partial charge in [-0.1, -0.05) is 68.8 Å². The molecule has 2 aromatic carbocycles. The van der Waals surface area contributed by atoms with Crippen molar-refractivity contribution in [1.29, 1.82) is 0 Å². The van der Waals surface area contributed by atoms with E-state index in [1.165, 1.54) is 11.1 Å². The van der Waals surface area contributed by atoms with E-state index in [0.717, 1.165) is 43.8 Å². The largest absolute Gasteiger partial charge is 0.483 e. The molecule has 0 saturated carbocycles. The van der Waals surface area contributed by atoms with E-state index in [-0.39, 0.29) is 24.0 Å². The molecule has 1 amide bonds. The first-order valence-electron chi connectivity index (χ1n) is 10.6. The van der Waals surface area contributed by atoms with E-state index >= 15 is 0 Å². The predicted molar refractivity (Wildman–Crippen MR) is 118 cm³/mol. The van der Waals surface area contributed by atoms with Gasteiger partial charge in [0.05, 0.1) is 0 Å². The van der Waals surface area contributed by atoms with Crippen LogP contribution in [0.3, 0.4) is 0 Å². The van der Waals surface area contributed by atoms with Crippen LogP contribution in [-0.4, -0.2) is 36.5 Å². The van der Waals surface area contributed by atoms with Crippen LogP contribution in [0.4, 0.5) is 0 Å². The lowest BCUT2D eigenvalue weighted by atomic mass is 9.86. The highest BCUT2D eigenvalue weighted by Gasteiger charge is 2.22. The standard InChI is InChI=1S/C25H34N2O2/c1-19-8-7-9-20(16-19)17-27-14-12-21(13-15-27)26-24(28)18-29-23-11-6-5-10-22(23)25(2,3)4/h5-11,16,21H,12-15,17-18H2,1-4H3,(H,26,28). The van der Waals surface area contributed by atoms with Crippen molar-refractivity contribution in [3.8, 4) is 5.75 Å². The van der Waals surface area contributed by atoms with E-state index in [0.29, 0.717) is 0 Å². The molecule has 4 nitrogen and oxygen atoms in total. The molecule has 1 heterocycles. The van der Waals surface area contributed by atoms with Gasteiger partial charge >= 0.3 is 0 Å². The number of aryl methyl sites for hydroxylation is 1. The number of piperidine rings is 1. The van der Waals surface area contributed by atoms with Crippen LogP contribution in [0.25, 0.3) is 0 Å². The highest BCUT2D eigenvalue weighted by Crippen LogP contribution is 2.30. The molecule has 1 fully saturated rings. The van der Waals surface area contributed by atoms with E-state index in [1.807, 2.05) is 18.2 Å². The molecule has 156 valence electrons. The fourth-order valence-electron chi connectivity index (χ4n) is 3.93. The molecule has 0 aliphatic carbocycles. The average Bonchev–Trinajstić information content (AvgIpc) is 2.67. The Balaban J connectivity index is 1.43. The van der Waals surface area contributed by atoms with Crippen molar-refractivity contribution in [3.63, 3.8) is 0 Å². The van der Waals surface area contributed by atoms with Crippen molar-refractivity contribution in [1.82, 2.24) is 10.2 Å². The van der Waals surface area contributed by atoms with Crippen molar-refractivity contribution in [2.45, 2.75) is 58.5 Å². The van der Waals surface area contributed by atoms with Crippen LogP contribution < -0.4 is 10.1 Å². The van der Waals surface area contributed by atoms with E-state index in [1.54, 1.807) is 0 Å². The summed E-state index contributed by atoms with van der Waals surface area (Å²) in [5.74, 6) is 0.758. The maximum Gasteiger partial charge on any atom is 0.258 e. The van der Waals surface area contributed by atoms with Gasteiger partial charge in [0, 0.05) is 25.7 Å². The first-order valence-corrected chi connectivity index (χ1v) is 10.6. The first-order chi connectivity index (χ1) is 13.8. The van der Waals surface area contributed by atoms with Gasteiger partial charge < -0.3 is 10.1 Å². The van der Waals surface area contributed by atoms with Crippen molar-refractivity contribution in [3.05, 3.63) is 65.2 Å². The Morgan fingerprint density at radius 3 is 2.52 bits per heavy atom. The molecule has 0 spiro atoms. The Morgan fingerprint density at radius 2 is 1.83 bits per heavy atom. The van der Waals surface area contributed by atoms with Crippen LogP contribution in [0, 0.1) is 6.92 Å². The van der Waals surface area contributed by atoms with Crippen LogP contribution >= 0.6 is 0 Å². The number of carbonyl (C=O) groups excluding carboxylic acids is 1. The van der Waals surface area contributed by atoms with E-state index in [9.17, 15) is 4.79 Å². The molecule has 0 aromatic heterocycles. The molecule has 0 unspecified atom stereocenters. The number of para-hydroxylation sites is 1. The van der Waals surface area contributed by atoms with E-state index < -0.39 is 0 Å². The number of hydrogen-bond acceptors (Lipinski definition) is 3. The molecule has 0 bridgehead atoms. The Kier molecular flexibility index (Phi) is 6.96. The highest BCUT2D eigenvalue weighted by molar-refractivity contribution is 5.77. The number of benzene rings is 2. The number of amides is 1. The summed E-state index contributed by atoms with van der Waals surface area (Å²) in [7, 11) is 0. The maximum atomic E-state index is 12.4. The number of ether oxygens (including phenoxy) is 1. The molecular formula is C25H34N2O2. The fourth-order valence-corrected chi connectivity index (χ4v) is 3.93. The molecule has 29 heavy (non-hydrogen) atoms. The van der Waals surface area contributed by atoms with Crippen molar-refractivity contribution in [2.24, 2.45) is 0 Å². The summed E-state index contributed by atoms with van der Waals surface area (Å²) in [5, 5.41) is 3.15. The molecule has 1 N–H and O–H groups in total. The van der Waals surface area contributed by atoms with Crippen LogP contribution in [0.2, 0.25) is 0 Å². The Morgan fingerprint density at radius 1 is 1.10 bits per heavy atom. The molecular weight excluding hydrogens is 360 g/mol. The number of nitrogens with zero attached hydrogens (tertiary/aromatic N) is 1. The second kappa shape index (κ2) is 9.45. The van der Waals surface area contributed by atoms with Crippen LogP contribution in [-0.2, 0) is 16.8 Å². The van der Waals surface area contributed by atoms with Crippen molar-refractivity contribution >= 4 is 5.91 Å². The summed E-state index contributed by atoms with van der Waals surface area (Å²) < 4.78 is 5.86. The molecule has 3 rings (SSSR count). The summed E-state index contributed by atoms with van der Waals surface area (Å²) in [4.78, 5) is 14.9. The summed E-state index contributed by atoms with van der Waals surface area (Å²) in [6, 6.07) is 16.9. The molecule has 1 saturated heterocycles. The zero-order chi connectivity index (χ0) is 20.9. The third kappa shape index (κ3) is 6.33. The van der Waals surface area contributed by atoms with Gasteiger partial charge in [0.25, 0.3) is 5.91 Å². The summed E-state index contributed by atoms with van der Waals surface area (Å²) in [6.07, 6.45) is 1.96. The number of carbonyl (C=O) groups is 1. The smallest absolute Gasteiger partial charge is 0.258 e. The van der Waals surface area contributed by atoms with Crippen LogP contribution in [0.5, 0.6) is 5.75 Å². The number of nitrogens with one attached hydrogen (secondary N) is 1. The SMILES string of the molecule is Cc1cccc(CN2CCC(NC(=O)COc3ccccc3C(C)(C)C)CC2)c1. The first kappa shape index (κ1) is 21.4. The number of rotatable bonds is 6. The molecule has 1 aliphatic rings. The topological polar surface area (TPSA) is 41.6 Å². The minimum Gasteiger partial charge on any atom is -0.483 e. The van der Waals surface area contributed by atoms with Crippen molar-refractivity contribution < 1.29 is 9.53 Å². The van der Waals surface area contributed by atoms with E-state index in [4.69, 9.17) is 4.74 Å². The quantitative estimate of drug-likeness (QED) is 0.787. The second-order valence-corrected chi connectivity index (χ2v) is 9.14. The highest BCUT2D eigenvalue weighted by atomic mass is 16.5. The van der Waals surface area contributed by atoms with Gasteiger partial charge in [0.2, 0.25) is 0 Å². The Hall–Kier alpha value is -2.33. The lowest BCUT2D eigenvalue weighted by Gasteiger charge is -2.32.